The van der Waals surface area contributed by atoms with Crippen molar-refractivity contribution in [3.63, 3.8) is 0 Å². The Morgan fingerprint density at radius 3 is 2.55 bits per heavy atom. The molecule has 112 valence electrons. The van der Waals surface area contributed by atoms with Crippen molar-refractivity contribution in [1.82, 2.24) is 15.6 Å². The molecule has 0 saturated heterocycles. The maximum Gasteiger partial charge on any atom is 0.315 e. The molecule has 1 aromatic heterocycles. The Morgan fingerprint density at radius 2 is 2.10 bits per heavy atom. The van der Waals surface area contributed by atoms with E-state index >= 15 is 0 Å². The van der Waals surface area contributed by atoms with Gasteiger partial charge in [0.05, 0.1) is 13.0 Å². The van der Waals surface area contributed by atoms with Crippen LogP contribution in [0, 0.1) is 5.41 Å². The molecule has 0 aromatic carbocycles. The third-order valence-corrected chi connectivity index (χ3v) is 3.46. The van der Waals surface area contributed by atoms with Gasteiger partial charge in [0.1, 0.15) is 0 Å². The molecule has 20 heavy (non-hydrogen) atoms. The highest BCUT2D eigenvalue weighted by Gasteiger charge is 2.28. The van der Waals surface area contributed by atoms with Gasteiger partial charge >= 0.3 is 16.9 Å². The first-order valence-electron chi connectivity index (χ1n) is 6.11. The highest BCUT2D eigenvalue weighted by Crippen LogP contribution is 2.21. The number of amides is 2. The number of nitrogens with one attached hydrogen (secondary N) is 3. The molecular formula is C12H19N3O4S. The molecule has 2 amide bonds. The molecule has 1 unspecified atom stereocenters. The van der Waals surface area contributed by atoms with Gasteiger partial charge in [0.25, 0.3) is 0 Å². The van der Waals surface area contributed by atoms with E-state index in [1.54, 1.807) is 5.38 Å². The number of hydrogen-bond donors (Lipinski definition) is 4. The van der Waals surface area contributed by atoms with Crippen LogP contribution in [0.4, 0.5) is 4.79 Å². The van der Waals surface area contributed by atoms with Gasteiger partial charge in [0, 0.05) is 17.1 Å². The number of aliphatic carboxylic acids is 1. The summed E-state index contributed by atoms with van der Waals surface area (Å²) in [4.78, 5) is 35.9. The molecule has 4 N–H and O–H groups in total. The van der Waals surface area contributed by atoms with Crippen molar-refractivity contribution in [1.29, 1.82) is 0 Å². The van der Waals surface area contributed by atoms with E-state index in [1.807, 2.05) is 20.8 Å². The molecule has 1 aromatic rings. The lowest BCUT2D eigenvalue weighted by Crippen LogP contribution is -2.48. The van der Waals surface area contributed by atoms with Crippen LogP contribution in [0.25, 0.3) is 0 Å². The van der Waals surface area contributed by atoms with Crippen molar-refractivity contribution in [2.24, 2.45) is 5.41 Å². The van der Waals surface area contributed by atoms with E-state index in [1.165, 1.54) is 0 Å². The summed E-state index contributed by atoms with van der Waals surface area (Å²) in [6, 6.07) is -0.945. The van der Waals surface area contributed by atoms with Crippen LogP contribution < -0.4 is 15.5 Å². The molecule has 0 saturated carbocycles. The number of urea groups is 1. The molecule has 0 spiro atoms. The molecule has 0 fully saturated rings. The summed E-state index contributed by atoms with van der Waals surface area (Å²) >= 11 is 1.02. The summed E-state index contributed by atoms with van der Waals surface area (Å²) in [6.07, 6.45) is -0.147. The largest absolute Gasteiger partial charge is 0.481 e. The normalized spacial score (nSPS) is 12.8. The Bertz CT molecular complexity index is 529. The van der Waals surface area contributed by atoms with Crippen LogP contribution in [0.2, 0.25) is 0 Å². The minimum atomic E-state index is -0.965. The standard InChI is InChI=1S/C12H19N3O4S/c1-12(2,3)8(4-9(16)17)15-10(18)13-5-7-6-20-11(19)14-7/h6,8H,4-5H2,1-3H3,(H,14,19)(H,16,17)(H2,13,15,18). The second-order valence-electron chi connectivity index (χ2n) is 5.52. The molecule has 0 aliphatic carbocycles. The zero-order chi connectivity index (χ0) is 15.3. The van der Waals surface area contributed by atoms with E-state index in [0.29, 0.717) is 5.69 Å². The number of carbonyl (C=O) groups is 2. The molecule has 0 aliphatic heterocycles. The van der Waals surface area contributed by atoms with Gasteiger partial charge in [-0.15, -0.1) is 0 Å². The first-order chi connectivity index (χ1) is 9.18. The maximum absolute atomic E-state index is 11.8. The zero-order valence-electron chi connectivity index (χ0n) is 11.6. The first-order valence-corrected chi connectivity index (χ1v) is 6.99. The van der Waals surface area contributed by atoms with Gasteiger partial charge in [-0.3, -0.25) is 9.59 Å². The lowest BCUT2D eigenvalue weighted by Gasteiger charge is -2.30. The van der Waals surface area contributed by atoms with E-state index < -0.39 is 18.0 Å². The number of carbonyl (C=O) groups excluding carboxylic acids is 1. The SMILES string of the molecule is CC(C)(C)C(CC(=O)O)NC(=O)NCc1csc(=O)[nH]1. The van der Waals surface area contributed by atoms with Crippen molar-refractivity contribution in [2.75, 3.05) is 0 Å². The predicted octanol–water partition coefficient (Wildman–Crippen LogP) is 1.12. The van der Waals surface area contributed by atoms with Crippen molar-refractivity contribution >= 4 is 23.3 Å². The van der Waals surface area contributed by atoms with Gasteiger partial charge in [-0.05, 0) is 5.41 Å². The molecule has 8 heteroatoms. The molecule has 0 bridgehead atoms. The van der Waals surface area contributed by atoms with Gasteiger partial charge in [-0.25, -0.2) is 4.79 Å². The fraction of sp³-hybridized carbons (Fsp3) is 0.583. The fourth-order valence-corrected chi connectivity index (χ4v) is 2.12. The van der Waals surface area contributed by atoms with Crippen LogP contribution in [0.1, 0.15) is 32.9 Å². The maximum atomic E-state index is 11.8. The fourth-order valence-electron chi connectivity index (χ4n) is 1.53. The quantitative estimate of drug-likeness (QED) is 0.653. The Morgan fingerprint density at radius 1 is 1.45 bits per heavy atom. The van der Waals surface area contributed by atoms with Crippen LogP contribution in [0.3, 0.4) is 0 Å². The monoisotopic (exact) mass is 301 g/mol. The number of aromatic nitrogens is 1. The lowest BCUT2D eigenvalue weighted by molar-refractivity contribution is -0.138. The number of aromatic amines is 1. The Hall–Kier alpha value is -1.83. The van der Waals surface area contributed by atoms with E-state index in [9.17, 15) is 14.4 Å². The highest BCUT2D eigenvalue weighted by molar-refractivity contribution is 7.07. The number of H-pyrrole nitrogens is 1. The Balaban J connectivity index is 2.53. The van der Waals surface area contributed by atoms with Gasteiger partial charge in [0.15, 0.2) is 0 Å². The molecular weight excluding hydrogens is 282 g/mol. The molecule has 0 radical (unpaired) electrons. The first kappa shape index (κ1) is 16.2. The summed E-state index contributed by atoms with van der Waals surface area (Å²) < 4.78 is 0. The van der Waals surface area contributed by atoms with Gasteiger partial charge in [-0.1, -0.05) is 32.1 Å². The van der Waals surface area contributed by atoms with Crippen molar-refractivity contribution in [3.8, 4) is 0 Å². The summed E-state index contributed by atoms with van der Waals surface area (Å²) in [6.45, 7) is 5.76. The summed E-state index contributed by atoms with van der Waals surface area (Å²) in [5.41, 5.74) is 0.243. The Kier molecular flexibility index (Phi) is 5.32. The second-order valence-corrected chi connectivity index (χ2v) is 6.36. The average molecular weight is 301 g/mol. The molecule has 7 nitrogen and oxygen atoms in total. The van der Waals surface area contributed by atoms with E-state index in [0.717, 1.165) is 11.3 Å². The average Bonchev–Trinajstić information content (AvgIpc) is 2.70. The highest BCUT2D eigenvalue weighted by atomic mass is 32.1. The van der Waals surface area contributed by atoms with E-state index in [4.69, 9.17) is 5.11 Å². The molecule has 0 aliphatic rings. The summed E-state index contributed by atoms with van der Waals surface area (Å²) in [7, 11) is 0. The minimum Gasteiger partial charge on any atom is -0.481 e. The van der Waals surface area contributed by atoms with Crippen LogP contribution >= 0.6 is 11.3 Å². The van der Waals surface area contributed by atoms with Crippen molar-refractivity contribution < 1.29 is 14.7 Å². The van der Waals surface area contributed by atoms with Gasteiger partial charge in [-0.2, -0.15) is 0 Å². The number of thiazole rings is 1. The van der Waals surface area contributed by atoms with E-state index in [-0.39, 0.29) is 23.3 Å². The second kappa shape index (κ2) is 6.56. The lowest BCUT2D eigenvalue weighted by atomic mass is 9.85. The van der Waals surface area contributed by atoms with Crippen molar-refractivity contribution in [2.45, 2.75) is 39.8 Å². The predicted molar refractivity (Wildman–Crippen MR) is 75.8 cm³/mol. The number of carboxylic acids is 1. The zero-order valence-corrected chi connectivity index (χ0v) is 12.5. The smallest absolute Gasteiger partial charge is 0.315 e. The Labute approximate surface area is 120 Å². The number of hydrogen-bond acceptors (Lipinski definition) is 4. The van der Waals surface area contributed by atoms with Crippen LogP contribution in [0.5, 0.6) is 0 Å². The minimum absolute atomic E-state index is 0.147. The number of carboxylic acid groups (broad SMARTS) is 1. The summed E-state index contributed by atoms with van der Waals surface area (Å²) in [5, 5.41) is 15.7. The van der Waals surface area contributed by atoms with Crippen LogP contribution in [-0.4, -0.2) is 28.1 Å². The molecule has 1 rings (SSSR count). The van der Waals surface area contributed by atoms with Crippen LogP contribution in [-0.2, 0) is 11.3 Å². The summed E-state index contributed by atoms with van der Waals surface area (Å²) in [5.74, 6) is -0.965. The van der Waals surface area contributed by atoms with Crippen LogP contribution in [0.15, 0.2) is 10.2 Å². The molecule has 1 atom stereocenters. The van der Waals surface area contributed by atoms with Crippen molar-refractivity contribution in [3.05, 3.63) is 20.7 Å². The topological polar surface area (TPSA) is 111 Å². The third kappa shape index (κ3) is 5.43. The number of rotatable bonds is 5. The third-order valence-electron chi connectivity index (χ3n) is 2.74. The van der Waals surface area contributed by atoms with Gasteiger partial charge in [0.2, 0.25) is 0 Å². The van der Waals surface area contributed by atoms with E-state index in [2.05, 4.69) is 15.6 Å². The molecule has 1 heterocycles. The van der Waals surface area contributed by atoms with Gasteiger partial charge < -0.3 is 20.7 Å².